The molecule has 11 heavy (non-hydrogen) atoms. The number of aryl methyl sites for hydroxylation is 1. The van der Waals surface area contributed by atoms with Crippen molar-refractivity contribution in [1.82, 2.24) is 0 Å². The van der Waals surface area contributed by atoms with Gasteiger partial charge in [-0.1, -0.05) is 15.9 Å². The van der Waals surface area contributed by atoms with Gasteiger partial charge in [-0.3, -0.25) is 0 Å². The zero-order valence-corrected chi connectivity index (χ0v) is 7.65. The van der Waals surface area contributed by atoms with Gasteiger partial charge >= 0.3 is 0 Å². The molecule has 1 aromatic carbocycles. The highest BCUT2D eigenvalue weighted by Crippen LogP contribution is 2.26. The summed E-state index contributed by atoms with van der Waals surface area (Å²) < 4.78 is 6.49. The van der Waals surface area contributed by atoms with Crippen molar-refractivity contribution in [3.05, 3.63) is 28.2 Å². The van der Waals surface area contributed by atoms with Crippen LogP contribution in [0, 0.1) is 6.07 Å². The first kappa shape index (κ1) is 7.17. The van der Waals surface area contributed by atoms with Crippen molar-refractivity contribution in [3.63, 3.8) is 0 Å². The molecule has 0 aliphatic carbocycles. The molecule has 1 heterocycles. The third-order valence-electron chi connectivity index (χ3n) is 1.78. The smallest absolute Gasteiger partial charge is 0.130 e. The molecule has 0 spiro atoms. The standard InChI is InChI=1S/C9H8BrO/c10-8-3-4-9-7(6-8)2-1-5-11-9/h3,6H,1-2,5H2. The van der Waals surface area contributed by atoms with Crippen LogP contribution in [-0.4, -0.2) is 6.61 Å². The van der Waals surface area contributed by atoms with Crippen LogP contribution in [0.15, 0.2) is 16.6 Å². The summed E-state index contributed by atoms with van der Waals surface area (Å²) in [7, 11) is 0. The molecule has 2 rings (SSSR count). The van der Waals surface area contributed by atoms with E-state index in [1.165, 1.54) is 5.56 Å². The lowest BCUT2D eigenvalue weighted by Gasteiger charge is -2.16. The fraction of sp³-hybridized carbons (Fsp3) is 0.333. The van der Waals surface area contributed by atoms with Gasteiger partial charge in [-0.15, -0.1) is 0 Å². The Bertz CT molecular complexity index is 270. The molecule has 0 atom stereocenters. The van der Waals surface area contributed by atoms with Crippen LogP contribution in [-0.2, 0) is 6.42 Å². The number of halogens is 1. The molecule has 0 fully saturated rings. The zero-order valence-electron chi connectivity index (χ0n) is 6.06. The lowest BCUT2D eigenvalue weighted by Crippen LogP contribution is -2.07. The Hall–Kier alpha value is -0.500. The van der Waals surface area contributed by atoms with E-state index in [-0.39, 0.29) is 0 Å². The Balaban J connectivity index is 2.43. The minimum absolute atomic E-state index is 0.838. The number of fused-ring (bicyclic) bond motifs is 1. The van der Waals surface area contributed by atoms with Gasteiger partial charge in [0.25, 0.3) is 0 Å². The number of hydrogen-bond donors (Lipinski definition) is 0. The Morgan fingerprint density at radius 2 is 2.45 bits per heavy atom. The van der Waals surface area contributed by atoms with Crippen LogP contribution in [0.25, 0.3) is 0 Å². The summed E-state index contributed by atoms with van der Waals surface area (Å²) in [6.45, 7) is 0.838. The largest absolute Gasteiger partial charge is 0.493 e. The molecule has 0 saturated heterocycles. The Morgan fingerprint density at radius 3 is 3.36 bits per heavy atom. The van der Waals surface area contributed by atoms with Gasteiger partial charge in [0.1, 0.15) is 5.75 Å². The van der Waals surface area contributed by atoms with E-state index in [1.54, 1.807) is 0 Å². The van der Waals surface area contributed by atoms with Crippen LogP contribution in [0.1, 0.15) is 12.0 Å². The summed E-state index contributed by atoms with van der Waals surface area (Å²) in [6.07, 6.45) is 2.24. The molecule has 1 aromatic rings. The quantitative estimate of drug-likeness (QED) is 0.642. The van der Waals surface area contributed by atoms with Crippen molar-refractivity contribution in [2.24, 2.45) is 0 Å². The maximum Gasteiger partial charge on any atom is 0.130 e. The van der Waals surface area contributed by atoms with Crippen molar-refractivity contribution in [2.75, 3.05) is 6.61 Å². The van der Waals surface area contributed by atoms with Crippen molar-refractivity contribution >= 4 is 15.9 Å². The van der Waals surface area contributed by atoms with Crippen LogP contribution in [0.4, 0.5) is 0 Å². The van der Waals surface area contributed by atoms with E-state index in [1.807, 2.05) is 6.07 Å². The van der Waals surface area contributed by atoms with Crippen LogP contribution < -0.4 is 4.74 Å². The predicted molar refractivity (Wildman–Crippen MR) is 46.8 cm³/mol. The normalized spacial score (nSPS) is 15.4. The molecule has 0 unspecified atom stereocenters. The first-order valence-electron chi connectivity index (χ1n) is 3.69. The van der Waals surface area contributed by atoms with E-state index < -0.39 is 0 Å². The summed E-state index contributed by atoms with van der Waals surface area (Å²) in [6, 6.07) is 7.08. The summed E-state index contributed by atoms with van der Waals surface area (Å²) in [5.74, 6) is 0.930. The van der Waals surface area contributed by atoms with Gasteiger partial charge in [-0.25, -0.2) is 0 Å². The first-order valence-corrected chi connectivity index (χ1v) is 4.48. The SMILES string of the molecule is Brc1c[c]c2c(c1)CCCO2. The molecule has 1 aliphatic heterocycles. The topological polar surface area (TPSA) is 9.23 Å². The van der Waals surface area contributed by atoms with E-state index in [2.05, 4.69) is 28.1 Å². The molecule has 0 bridgehead atoms. The zero-order chi connectivity index (χ0) is 7.68. The molecule has 0 N–H and O–H groups in total. The number of ether oxygens (including phenoxy) is 1. The Kier molecular flexibility index (Phi) is 1.86. The molecule has 0 aromatic heterocycles. The summed E-state index contributed by atoms with van der Waals surface area (Å²) in [5, 5.41) is 0. The van der Waals surface area contributed by atoms with Crippen LogP contribution in [0.5, 0.6) is 5.75 Å². The maximum absolute atomic E-state index is 5.40. The highest BCUT2D eigenvalue weighted by molar-refractivity contribution is 9.10. The van der Waals surface area contributed by atoms with Crippen molar-refractivity contribution in [3.8, 4) is 5.75 Å². The van der Waals surface area contributed by atoms with Gasteiger partial charge in [-0.05, 0) is 30.5 Å². The van der Waals surface area contributed by atoms with E-state index in [4.69, 9.17) is 4.74 Å². The van der Waals surface area contributed by atoms with Gasteiger partial charge in [-0.2, -0.15) is 0 Å². The van der Waals surface area contributed by atoms with Crippen molar-refractivity contribution in [2.45, 2.75) is 12.8 Å². The fourth-order valence-corrected chi connectivity index (χ4v) is 1.65. The highest BCUT2D eigenvalue weighted by atomic mass is 79.9. The second kappa shape index (κ2) is 2.86. The fourth-order valence-electron chi connectivity index (χ4n) is 1.26. The minimum atomic E-state index is 0.838. The molecule has 1 nitrogen and oxygen atoms in total. The van der Waals surface area contributed by atoms with Crippen LogP contribution in [0.2, 0.25) is 0 Å². The average molecular weight is 212 g/mol. The van der Waals surface area contributed by atoms with Crippen molar-refractivity contribution in [1.29, 1.82) is 0 Å². The van der Waals surface area contributed by atoms with Gasteiger partial charge in [0, 0.05) is 10.5 Å². The molecule has 1 aliphatic rings. The van der Waals surface area contributed by atoms with Crippen molar-refractivity contribution < 1.29 is 4.74 Å². The summed E-state index contributed by atoms with van der Waals surface area (Å²) in [5.41, 5.74) is 1.27. The van der Waals surface area contributed by atoms with E-state index in [9.17, 15) is 0 Å². The molecule has 0 saturated carbocycles. The third-order valence-corrected chi connectivity index (χ3v) is 2.24. The molecular weight excluding hydrogens is 204 g/mol. The van der Waals surface area contributed by atoms with E-state index in [0.717, 1.165) is 29.7 Å². The Morgan fingerprint density at radius 1 is 1.55 bits per heavy atom. The molecule has 57 valence electrons. The number of hydrogen-bond acceptors (Lipinski definition) is 1. The summed E-state index contributed by atoms with van der Waals surface area (Å²) in [4.78, 5) is 0. The van der Waals surface area contributed by atoms with Gasteiger partial charge in [0.05, 0.1) is 6.61 Å². The van der Waals surface area contributed by atoms with E-state index in [0.29, 0.717) is 0 Å². The first-order chi connectivity index (χ1) is 5.36. The van der Waals surface area contributed by atoms with E-state index >= 15 is 0 Å². The van der Waals surface area contributed by atoms with Crippen LogP contribution >= 0.6 is 15.9 Å². The second-order valence-electron chi connectivity index (χ2n) is 2.62. The Labute approximate surface area is 74.5 Å². The van der Waals surface area contributed by atoms with Gasteiger partial charge in [0.15, 0.2) is 0 Å². The third kappa shape index (κ3) is 1.41. The monoisotopic (exact) mass is 211 g/mol. The van der Waals surface area contributed by atoms with Gasteiger partial charge in [0.2, 0.25) is 0 Å². The lowest BCUT2D eigenvalue weighted by atomic mass is 10.1. The number of rotatable bonds is 0. The molecule has 1 radical (unpaired) electrons. The molecule has 2 heteroatoms. The maximum atomic E-state index is 5.40. The molecule has 0 amide bonds. The second-order valence-corrected chi connectivity index (χ2v) is 3.54. The average Bonchev–Trinajstić information content (AvgIpc) is 2.04. The lowest BCUT2D eigenvalue weighted by molar-refractivity contribution is 0.287. The highest BCUT2D eigenvalue weighted by Gasteiger charge is 2.09. The summed E-state index contributed by atoms with van der Waals surface area (Å²) >= 11 is 3.40. The predicted octanol–water partition coefficient (Wildman–Crippen LogP) is 2.57. The van der Waals surface area contributed by atoms with Crippen LogP contribution in [0.3, 0.4) is 0 Å². The van der Waals surface area contributed by atoms with Gasteiger partial charge < -0.3 is 4.74 Å². The number of benzene rings is 1. The minimum Gasteiger partial charge on any atom is -0.493 e. The molecular formula is C9H8BrO.